The predicted molar refractivity (Wildman–Crippen MR) is 59.7 cm³/mol. The molecule has 0 N–H and O–H groups in total. The molecule has 0 radical (unpaired) electrons. The highest BCUT2D eigenvalue weighted by Gasteiger charge is 2.09. The van der Waals surface area contributed by atoms with E-state index >= 15 is 0 Å². The number of rotatable bonds is 2. The summed E-state index contributed by atoms with van der Waals surface area (Å²) in [5.74, 6) is -2.53. The van der Waals surface area contributed by atoms with Crippen molar-refractivity contribution >= 4 is 23.4 Å². The third-order valence-electron chi connectivity index (χ3n) is 1.88. The fraction of sp³-hybridized carbons (Fsp3) is 0. The number of halogens is 4. The lowest BCUT2D eigenvalue weighted by Crippen LogP contribution is -1.88. The third-order valence-corrected chi connectivity index (χ3v) is 3.07. The molecule has 2 aromatic rings. The monoisotopic (exact) mass is 275 g/mol. The van der Waals surface area contributed by atoms with Gasteiger partial charge in [0.05, 0.1) is 5.02 Å². The largest absolute Gasteiger partial charge is 0.245 e. The van der Waals surface area contributed by atoms with Gasteiger partial charge < -0.3 is 0 Å². The van der Waals surface area contributed by atoms with E-state index in [1.807, 2.05) is 0 Å². The van der Waals surface area contributed by atoms with Crippen molar-refractivity contribution in [2.75, 3.05) is 0 Å². The fourth-order valence-corrected chi connectivity index (χ4v) is 2.06. The second-order valence-corrected chi connectivity index (χ2v) is 4.62. The second kappa shape index (κ2) is 4.98. The van der Waals surface area contributed by atoms with Crippen molar-refractivity contribution in [2.24, 2.45) is 0 Å². The number of hydrogen-bond donors (Lipinski definition) is 0. The van der Waals surface area contributed by atoms with Gasteiger partial charge in [-0.1, -0.05) is 23.4 Å². The molecule has 0 aliphatic rings. The lowest BCUT2D eigenvalue weighted by Gasteiger charge is -2.03. The van der Waals surface area contributed by atoms with E-state index in [0.717, 1.165) is 30.0 Å². The molecule has 6 heteroatoms. The third kappa shape index (κ3) is 2.92. The molecule has 1 aromatic heterocycles. The molecule has 1 heterocycles. The Morgan fingerprint density at radius 3 is 2.41 bits per heavy atom. The van der Waals surface area contributed by atoms with Gasteiger partial charge in [0, 0.05) is 11.1 Å². The Hall–Kier alpha value is -1.20. The molecule has 0 saturated heterocycles. The maximum Gasteiger partial charge on any atom is 0.159 e. The molecule has 0 saturated carbocycles. The molecule has 0 fully saturated rings. The molecule has 0 bridgehead atoms. The van der Waals surface area contributed by atoms with Crippen LogP contribution in [0.2, 0.25) is 5.02 Å². The summed E-state index contributed by atoms with van der Waals surface area (Å²) >= 11 is 6.44. The van der Waals surface area contributed by atoms with Gasteiger partial charge in [-0.15, -0.1) is 0 Å². The minimum absolute atomic E-state index is 0.0559. The molecular weight excluding hydrogens is 271 g/mol. The van der Waals surface area contributed by atoms with Crippen LogP contribution in [-0.4, -0.2) is 4.98 Å². The topological polar surface area (TPSA) is 12.9 Å². The molecule has 0 aliphatic heterocycles. The first-order valence-corrected chi connectivity index (χ1v) is 5.69. The van der Waals surface area contributed by atoms with Crippen molar-refractivity contribution in [2.45, 2.75) is 9.92 Å². The van der Waals surface area contributed by atoms with Crippen molar-refractivity contribution in [1.82, 2.24) is 4.98 Å². The van der Waals surface area contributed by atoms with Crippen LogP contribution in [0.5, 0.6) is 0 Å². The Kier molecular flexibility index (Phi) is 3.59. The molecule has 0 aliphatic carbocycles. The smallest absolute Gasteiger partial charge is 0.159 e. The maximum atomic E-state index is 13.4. The van der Waals surface area contributed by atoms with Crippen molar-refractivity contribution in [1.29, 1.82) is 0 Å². The minimum Gasteiger partial charge on any atom is -0.245 e. The molecule has 0 spiro atoms. The first-order chi connectivity index (χ1) is 8.06. The molecule has 2 rings (SSSR count). The van der Waals surface area contributed by atoms with Gasteiger partial charge in [0.15, 0.2) is 17.5 Å². The molecule has 0 atom stereocenters. The van der Waals surface area contributed by atoms with Crippen molar-refractivity contribution in [3.63, 3.8) is 0 Å². The number of nitrogens with zero attached hydrogens (tertiary/aromatic N) is 1. The van der Waals surface area contributed by atoms with E-state index in [1.54, 1.807) is 0 Å². The Morgan fingerprint density at radius 1 is 1.00 bits per heavy atom. The van der Waals surface area contributed by atoms with Crippen LogP contribution in [0.25, 0.3) is 0 Å². The first kappa shape index (κ1) is 12.3. The van der Waals surface area contributed by atoms with Gasteiger partial charge in [0.25, 0.3) is 0 Å². The number of aromatic nitrogens is 1. The van der Waals surface area contributed by atoms with Crippen LogP contribution in [-0.2, 0) is 0 Å². The maximum absolute atomic E-state index is 13.4. The zero-order chi connectivity index (χ0) is 12.4. The highest BCUT2D eigenvalue weighted by atomic mass is 35.5. The zero-order valence-corrected chi connectivity index (χ0v) is 9.83. The zero-order valence-electron chi connectivity index (χ0n) is 8.25. The SMILES string of the molecule is Fc1ccc(Sc2ncc(Cl)cc2F)cc1F. The minimum atomic E-state index is -0.982. The van der Waals surface area contributed by atoms with E-state index in [2.05, 4.69) is 4.98 Å². The summed E-state index contributed by atoms with van der Waals surface area (Å²) in [5, 5.41) is 0.234. The van der Waals surface area contributed by atoms with Gasteiger partial charge in [-0.05, 0) is 24.3 Å². The summed E-state index contributed by atoms with van der Waals surface area (Å²) in [6.45, 7) is 0. The Morgan fingerprint density at radius 2 is 1.76 bits per heavy atom. The van der Waals surface area contributed by atoms with Crippen LogP contribution in [0.15, 0.2) is 40.4 Å². The van der Waals surface area contributed by atoms with Crippen LogP contribution in [0.4, 0.5) is 13.2 Å². The quantitative estimate of drug-likeness (QED) is 0.810. The summed E-state index contributed by atoms with van der Waals surface area (Å²) in [6, 6.07) is 4.41. The summed E-state index contributed by atoms with van der Waals surface area (Å²) in [4.78, 5) is 4.12. The average molecular weight is 276 g/mol. The van der Waals surface area contributed by atoms with Crippen LogP contribution in [0.1, 0.15) is 0 Å². The van der Waals surface area contributed by atoms with Gasteiger partial charge in [-0.3, -0.25) is 0 Å². The van der Waals surface area contributed by atoms with E-state index < -0.39 is 17.5 Å². The average Bonchev–Trinajstić information content (AvgIpc) is 2.27. The summed E-state index contributed by atoms with van der Waals surface area (Å²) < 4.78 is 39.0. The van der Waals surface area contributed by atoms with Crippen LogP contribution in [0.3, 0.4) is 0 Å². The normalized spacial score (nSPS) is 10.6. The summed E-state index contributed by atoms with van der Waals surface area (Å²) in [5.41, 5.74) is 0. The van der Waals surface area contributed by atoms with Gasteiger partial charge in [-0.25, -0.2) is 18.2 Å². The van der Waals surface area contributed by atoms with Gasteiger partial charge in [0.1, 0.15) is 5.03 Å². The van der Waals surface area contributed by atoms with E-state index in [0.29, 0.717) is 4.90 Å². The first-order valence-electron chi connectivity index (χ1n) is 4.50. The number of pyridine rings is 1. The van der Waals surface area contributed by atoms with Crippen LogP contribution in [0, 0.1) is 17.5 Å². The van der Waals surface area contributed by atoms with Crippen LogP contribution >= 0.6 is 23.4 Å². The Bertz CT molecular complexity index is 562. The standard InChI is InChI=1S/C11H5ClF3NS/c12-6-3-10(15)11(16-5-6)17-7-1-2-8(13)9(14)4-7/h1-5H. The molecule has 17 heavy (non-hydrogen) atoms. The molecule has 0 unspecified atom stereocenters. The molecule has 1 aromatic carbocycles. The lowest BCUT2D eigenvalue weighted by atomic mass is 10.3. The molecule has 88 valence electrons. The van der Waals surface area contributed by atoms with Crippen molar-refractivity contribution in [3.05, 3.63) is 52.9 Å². The van der Waals surface area contributed by atoms with Crippen molar-refractivity contribution < 1.29 is 13.2 Å². The van der Waals surface area contributed by atoms with Crippen LogP contribution < -0.4 is 0 Å². The van der Waals surface area contributed by atoms with E-state index in [9.17, 15) is 13.2 Å². The number of benzene rings is 1. The van der Waals surface area contributed by atoms with Gasteiger partial charge in [-0.2, -0.15) is 0 Å². The van der Waals surface area contributed by atoms with Gasteiger partial charge >= 0.3 is 0 Å². The summed E-state index contributed by atoms with van der Waals surface area (Å²) in [6.07, 6.45) is 1.28. The second-order valence-electron chi connectivity index (χ2n) is 3.12. The van der Waals surface area contributed by atoms with Crippen molar-refractivity contribution in [3.8, 4) is 0 Å². The fourth-order valence-electron chi connectivity index (χ4n) is 1.13. The highest BCUT2D eigenvalue weighted by Crippen LogP contribution is 2.29. The molecule has 0 amide bonds. The van der Waals surface area contributed by atoms with E-state index in [-0.39, 0.29) is 10.0 Å². The molecular formula is C11H5ClF3NS. The predicted octanol–water partition coefficient (Wildman–Crippen LogP) is 4.30. The number of hydrogen-bond acceptors (Lipinski definition) is 2. The van der Waals surface area contributed by atoms with E-state index in [1.165, 1.54) is 12.3 Å². The lowest BCUT2D eigenvalue weighted by molar-refractivity contribution is 0.506. The highest BCUT2D eigenvalue weighted by molar-refractivity contribution is 7.99. The van der Waals surface area contributed by atoms with E-state index in [4.69, 9.17) is 11.6 Å². The van der Waals surface area contributed by atoms with Gasteiger partial charge in [0.2, 0.25) is 0 Å². The Balaban J connectivity index is 2.28. The Labute approximate surface area is 105 Å². The summed E-state index contributed by atoms with van der Waals surface area (Å²) in [7, 11) is 0. The molecule has 1 nitrogen and oxygen atoms in total.